The van der Waals surface area contributed by atoms with E-state index in [2.05, 4.69) is 59.1 Å². The zero-order valence-electron chi connectivity index (χ0n) is 11.0. The Balaban J connectivity index is 1.98. The molecule has 0 aromatic heterocycles. The average Bonchev–Trinajstić information content (AvgIpc) is 2.45. The number of rotatable bonds is 6. The van der Waals surface area contributed by atoms with Gasteiger partial charge in [-0.15, -0.1) is 0 Å². The lowest BCUT2D eigenvalue weighted by Crippen LogP contribution is -2.01. The van der Waals surface area contributed by atoms with Crippen molar-refractivity contribution in [1.29, 1.82) is 0 Å². The van der Waals surface area contributed by atoms with Gasteiger partial charge in [-0.1, -0.05) is 31.2 Å². The van der Waals surface area contributed by atoms with Gasteiger partial charge in [-0.05, 0) is 58.8 Å². The second-order valence-electron chi connectivity index (χ2n) is 4.33. The second kappa shape index (κ2) is 7.38. The quantitative estimate of drug-likeness (QED) is 0.748. The van der Waals surface area contributed by atoms with Crippen LogP contribution in [0.3, 0.4) is 0 Å². The molecule has 0 radical (unpaired) electrons. The summed E-state index contributed by atoms with van der Waals surface area (Å²) in [5, 5.41) is 3.45. The first-order valence-electron chi connectivity index (χ1n) is 6.49. The normalized spacial score (nSPS) is 10.2. The number of anilines is 1. The predicted molar refractivity (Wildman–Crippen MR) is 88.7 cm³/mol. The van der Waals surface area contributed by atoms with Gasteiger partial charge in [0.25, 0.3) is 0 Å². The van der Waals surface area contributed by atoms with Gasteiger partial charge in [0.1, 0.15) is 5.75 Å². The Morgan fingerprint density at radius 1 is 1.11 bits per heavy atom. The first-order chi connectivity index (χ1) is 9.29. The van der Waals surface area contributed by atoms with E-state index >= 15 is 0 Å². The summed E-state index contributed by atoms with van der Waals surface area (Å²) in [7, 11) is 0. The summed E-state index contributed by atoms with van der Waals surface area (Å²) in [6, 6.07) is 16.5. The highest BCUT2D eigenvalue weighted by Crippen LogP contribution is 2.19. The maximum Gasteiger partial charge on any atom is 0.119 e. The zero-order chi connectivity index (χ0) is 13.5. The van der Waals surface area contributed by atoms with Gasteiger partial charge in [-0.25, -0.2) is 0 Å². The van der Waals surface area contributed by atoms with Gasteiger partial charge in [0.05, 0.1) is 6.61 Å². The molecule has 0 bridgehead atoms. The monoisotopic (exact) mass is 367 g/mol. The number of ether oxygens (including phenoxy) is 1. The molecule has 0 amide bonds. The third-order valence-corrected chi connectivity index (χ3v) is 3.67. The third-order valence-electron chi connectivity index (χ3n) is 2.73. The third kappa shape index (κ3) is 4.42. The molecular formula is C16H18INO. The van der Waals surface area contributed by atoms with Gasteiger partial charge in [-0.3, -0.25) is 0 Å². The average molecular weight is 367 g/mol. The van der Waals surface area contributed by atoms with Gasteiger partial charge in [0.2, 0.25) is 0 Å². The van der Waals surface area contributed by atoms with E-state index in [0.717, 1.165) is 25.3 Å². The fraction of sp³-hybridized carbons (Fsp3) is 0.250. The highest BCUT2D eigenvalue weighted by atomic mass is 127. The van der Waals surface area contributed by atoms with Crippen molar-refractivity contribution in [2.45, 2.75) is 19.9 Å². The smallest absolute Gasteiger partial charge is 0.119 e. The summed E-state index contributed by atoms with van der Waals surface area (Å²) in [6.45, 7) is 3.69. The van der Waals surface area contributed by atoms with Crippen LogP contribution in [0.25, 0.3) is 0 Å². The fourth-order valence-corrected chi connectivity index (χ4v) is 2.35. The van der Waals surface area contributed by atoms with E-state index in [1.165, 1.54) is 14.8 Å². The van der Waals surface area contributed by atoms with Crippen molar-refractivity contribution in [3.05, 3.63) is 57.7 Å². The van der Waals surface area contributed by atoms with Gasteiger partial charge in [0.15, 0.2) is 0 Å². The SMILES string of the molecule is CCCOc1cccc(CNc2ccccc2I)c1. The van der Waals surface area contributed by atoms with E-state index in [1.807, 2.05) is 24.3 Å². The summed E-state index contributed by atoms with van der Waals surface area (Å²) >= 11 is 2.34. The van der Waals surface area contributed by atoms with Crippen molar-refractivity contribution >= 4 is 28.3 Å². The molecule has 0 unspecified atom stereocenters. The summed E-state index contributed by atoms with van der Waals surface area (Å²) in [4.78, 5) is 0. The van der Waals surface area contributed by atoms with Crippen molar-refractivity contribution in [1.82, 2.24) is 0 Å². The molecule has 100 valence electrons. The Morgan fingerprint density at radius 2 is 1.95 bits per heavy atom. The summed E-state index contributed by atoms with van der Waals surface area (Å²) in [5.41, 5.74) is 2.40. The van der Waals surface area contributed by atoms with Gasteiger partial charge in [0, 0.05) is 15.8 Å². The Kier molecular flexibility index (Phi) is 5.51. The number of hydrogen-bond donors (Lipinski definition) is 1. The van der Waals surface area contributed by atoms with Crippen LogP contribution >= 0.6 is 22.6 Å². The van der Waals surface area contributed by atoms with Crippen LogP contribution in [0.1, 0.15) is 18.9 Å². The first kappa shape index (κ1) is 14.2. The molecular weight excluding hydrogens is 349 g/mol. The Morgan fingerprint density at radius 3 is 2.74 bits per heavy atom. The highest BCUT2D eigenvalue weighted by Gasteiger charge is 1.99. The number of benzene rings is 2. The predicted octanol–water partition coefficient (Wildman–Crippen LogP) is 4.69. The van der Waals surface area contributed by atoms with Crippen LogP contribution in [-0.2, 0) is 6.54 Å². The Hall–Kier alpha value is -1.23. The van der Waals surface area contributed by atoms with Crippen LogP contribution < -0.4 is 10.1 Å². The van der Waals surface area contributed by atoms with Crippen LogP contribution in [0, 0.1) is 3.57 Å². The summed E-state index contributed by atoms with van der Waals surface area (Å²) < 4.78 is 6.88. The molecule has 1 N–H and O–H groups in total. The lowest BCUT2D eigenvalue weighted by molar-refractivity contribution is 0.317. The highest BCUT2D eigenvalue weighted by molar-refractivity contribution is 14.1. The van der Waals surface area contributed by atoms with E-state index in [1.54, 1.807) is 0 Å². The molecule has 0 heterocycles. The zero-order valence-corrected chi connectivity index (χ0v) is 13.2. The molecule has 0 saturated carbocycles. The minimum atomic E-state index is 0.771. The number of nitrogens with one attached hydrogen (secondary N) is 1. The van der Waals surface area contributed by atoms with Gasteiger partial charge >= 0.3 is 0 Å². The van der Waals surface area contributed by atoms with Crippen molar-refractivity contribution in [3.63, 3.8) is 0 Å². The molecule has 2 rings (SSSR count). The van der Waals surface area contributed by atoms with Crippen LogP contribution in [0.15, 0.2) is 48.5 Å². The lowest BCUT2D eigenvalue weighted by Gasteiger charge is -2.10. The van der Waals surface area contributed by atoms with Crippen LogP contribution in [-0.4, -0.2) is 6.61 Å². The molecule has 0 saturated heterocycles. The van der Waals surface area contributed by atoms with Crippen LogP contribution in [0.5, 0.6) is 5.75 Å². The second-order valence-corrected chi connectivity index (χ2v) is 5.49. The van der Waals surface area contributed by atoms with E-state index < -0.39 is 0 Å². The molecule has 2 nitrogen and oxygen atoms in total. The summed E-state index contributed by atoms with van der Waals surface area (Å²) in [5.74, 6) is 0.948. The molecule has 2 aromatic rings. The Labute approximate surface area is 128 Å². The topological polar surface area (TPSA) is 21.3 Å². The molecule has 0 aliphatic rings. The molecule has 0 spiro atoms. The van der Waals surface area contributed by atoms with Gasteiger partial charge in [-0.2, -0.15) is 0 Å². The molecule has 19 heavy (non-hydrogen) atoms. The fourth-order valence-electron chi connectivity index (χ4n) is 1.77. The van der Waals surface area contributed by atoms with E-state index in [-0.39, 0.29) is 0 Å². The van der Waals surface area contributed by atoms with Crippen molar-refractivity contribution in [2.24, 2.45) is 0 Å². The van der Waals surface area contributed by atoms with E-state index in [0.29, 0.717) is 0 Å². The van der Waals surface area contributed by atoms with E-state index in [4.69, 9.17) is 4.74 Å². The lowest BCUT2D eigenvalue weighted by atomic mass is 10.2. The van der Waals surface area contributed by atoms with Crippen LogP contribution in [0.4, 0.5) is 5.69 Å². The summed E-state index contributed by atoms with van der Waals surface area (Å²) in [6.07, 6.45) is 1.03. The van der Waals surface area contributed by atoms with Crippen molar-refractivity contribution in [2.75, 3.05) is 11.9 Å². The minimum Gasteiger partial charge on any atom is -0.494 e. The Bertz CT molecular complexity index is 528. The molecule has 0 atom stereocenters. The standard InChI is InChI=1S/C16H18INO/c1-2-10-19-14-7-5-6-13(11-14)12-18-16-9-4-3-8-15(16)17/h3-9,11,18H,2,10,12H2,1H3. The molecule has 0 fully saturated rings. The number of halogens is 1. The maximum atomic E-state index is 5.64. The molecule has 0 aliphatic heterocycles. The molecule has 2 aromatic carbocycles. The molecule has 0 aliphatic carbocycles. The number of para-hydroxylation sites is 1. The largest absolute Gasteiger partial charge is 0.494 e. The minimum absolute atomic E-state index is 0.771. The molecule has 3 heteroatoms. The maximum absolute atomic E-state index is 5.64. The van der Waals surface area contributed by atoms with Gasteiger partial charge < -0.3 is 10.1 Å². The first-order valence-corrected chi connectivity index (χ1v) is 7.57. The van der Waals surface area contributed by atoms with Crippen LogP contribution in [0.2, 0.25) is 0 Å². The van der Waals surface area contributed by atoms with Crippen molar-refractivity contribution in [3.8, 4) is 5.75 Å². The number of hydrogen-bond acceptors (Lipinski definition) is 2. The van der Waals surface area contributed by atoms with E-state index in [9.17, 15) is 0 Å². The van der Waals surface area contributed by atoms with Crippen molar-refractivity contribution < 1.29 is 4.74 Å².